The lowest BCUT2D eigenvalue weighted by Gasteiger charge is -2.25. The van der Waals surface area contributed by atoms with Crippen LogP contribution in [0.25, 0.3) is 0 Å². The second kappa shape index (κ2) is 16.9. The second-order valence-corrected chi connectivity index (χ2v) is 14.1. The molecule has 48 heavy (non-hydrogen) atoms. The molecular weight excluding hydrogens is 620 g/mol. The Morgan fingerprint density at radius 3 is 1.79 bits per heavy atom. The number of esters is 4. The number of carbonyl (C=O) groups excluding carboxylic acids is 5. The summed E-state index contributed by atoms with van der Waals surface area (Å²) in [7, 11) is 0. The number of aliphatic imine (C=N–C) groups is 1. The third kappa shape index (κ3) is 16.2. The average molecular weight is 669 g/mol. The Balaban J connectivity index is 1.88. The van der Waals surface area contributed by atoms with Crippen LogP contribution < -0.4 is 10.1 Å². The van der Waals surface area contributed by atoms with Gasteiger partial charge in [0.15, 0.2) is 0 Å². The third-order valence-corrected chi connectivity index (χ3v) is 5.86. The minimum absolute atomic E-state index is 0.0348. The van der Waals surface area contributed by atoms with E-state index in [9.17, 15) is 24.0 Å². The molecule has 1 amide bonds. The quantitative estimate of drug-likeness (QED) is 0.0905. The molecule has 0 fully saturated rings. The topological polar surface area (TPSA) is 156 Å². The van der Waals surface area contributed by atoms with E-state index in [2.05, 4.69) is 10.3 Å². The number of benzene rings is 2. The van der Waals surface area contributed by atoms with Crippen molar-refractivity contribution >= 4 is 41.5 Å². The number of alkyl carbamates (subject to hydrolysis) is 1. The normalized spacial score (nSPS) is 12.8. The average Bonchev–Trinajstić information content (AvgIpc) is 2.91. The number of nitrogens with zero attached hydrogens (tertiary/aromatic N) is 1. The number of hydrogen-bond donors (Lipinski definition) is 1. The lowest BCUT2D eigenvalue weighted by atomic mass is 10.0. The molecule has 2 rings (SSSR count). The standard InChI is InChI=1S/C36H48N2O10/c1-23(38-33(43)48-36(8,9)10)37-27-15-13-25(14-16-27)31(41)45-28-17-11-24(12-18-28)19-20-44-29(39)21-26(32(42)47-35(5,6)7)22-30(40)46-34(2,3)4/h11-18,26H,19-22H2,1-10H3,(H,37,38,43)/t26-/m0/s1. The molecule has 0 bridgehead atoms. The fourth-order valence-electron chi connectivity index (χ4n) is 3.99. The van der Waals surface area contributed by atoms with Crippen molar-refractivity contribution < 1.29 is 47.7 Å². The Labute approximate surface area is 282 Å². The fourth-order valence-corrected chi connectivity index (χ4v) is 3.99. The number of nitrogens with one attached hydrogen (secondary N) is 1. The van der Waals surface area contributed by atoms with E-state index in [1.165, 1.54) is 0 Å². The van der Waals surface area contributed by atoms with Crippen LogP contribution in [0.15, 0.2) is 53.5 Å². The van der Waals surface area contributed by atoms with E-state index in [0.29, 0.717) is 29.3 Å². The van der Waals surface area contributed by atoms with Gasteiger partial charge < -0.3 is 23.7 Å². The zero-order valence-electron chi connectivity index (χ0n) is 29.6. The molecule has 0 aromatic heterocycles. The van der Waals surface area contributed by atoms with Gasteiger partial charge in [-0.3, -0.25) is 19.7 Å². The van der Waals surface area contributed by atoms with E-state index in [1.807, 2.05) is 0 Å². The molecule has 262 valence electrons. The molecule has 0 saturated carbocycles. The van der Waals surface area contributed by atoms with Gasteiger partial charge in [0.2, 0.25) is 0 Å². The number of amidine groups is 1. The first-order valence-electron chi connectivity index (χ1n) is 15.7. The van der Waals surface area contributed by atoms with Crippen molar-refractivity contribution in [3.05, 3.63) is 59.7 Å². The fraction of sp³-hybridized carbons (Fsp3) is 0.500. The molecule has 2 aromatic rings. The van der Waals surface area contributed by atoms with Crippen LogP contribution in [0.2, 0.25) is 0 Å². The summed E-state index contributed by atoms with van der Waals surface area (Å²) in [5, 5.41) is 2.55. The Kier molecular flexibility index (Phi) is 13.9. The van der Waals surface area contributed by atoms with Crippen LogP contribution in [0.3, 0.4) is 0 Å². The zero-order chi connectivity index (χ0) is 36.3. The molecule has 1 atom stereocenters. The Bertz CT molecular complexity index is 1460. The predicted octanol–water partition coefficient (Wildman–Crippen LogP) is 6.65. The lowest BCUT2D eigenvalue weighted by Crippen LogP contribution is -2.35. The second-order valence-electron chi connectivity index (χ2n) is 14.1. The molecule has 0 heterocycles. The Morgan fingerprint density at radius 2 is 1.25 bits per heavy atom. The maximum Gasteiger partial charge on any atom is 0.413 e. The molecule has 0 saturated heterocycles. The largest absolute Gasteiger partial charge is 0.465 e. The van der Waals surface area contributed by atoms with Crippen LogP contribution in [0.5, 0.6) is 5.75 Å². The zero-order valence-corrected chi connectivity index (χ0v) is 29.6. The van der Waals surface area contributed by atoms with Gasteiger partial charge in [0, 0.05) is 6.42 Å². The molecule has 0 unspecified atom stereocenters. The number of hydrogen-bond acceptors (Lipinski definition) is 11. The van der Waals surface area contributed by atoms with E-state index in [0.717, 1.165) is 5.56 Å². The van der Waals surface area contributed by atoms with E-state index < -0.39 is 52.7 Å². The van der Waals surface area contributed by atoms with Crippen LogP contribution in [0, 0.1) is 5.92 Å². The van der Waals surface area contributed by atoms with Gasteiger partial charge in [0.05, 0.1) is 36.6 Å². The van der Waals surface area contributed by atoms with Gasteiger partial charge in [-0.25, -0.2) is 14.6 Å². The molecule has 0 aliphatic carbocycles. The summed E-state index contributed by atoms with van der Waals surface area (Å²) in [4.78, 5) is 66.5. The highest BCUT2D eigenvalue weighted by molar-refractivity contribution is 5.95. The van der Waals surface area contributed by atoms with Crippen molar-refractivity contribution in [2.75, 3.05) is 6.61 Å². The summed E-state index contributed by atoms with van der Waals surface area (Å²) in [6.07, 6.45) is -0.893. The van der Waals surface area contributed by atoms with Crippen molar-refractivity contribution in [2.24, 2.45) is 10.9 Å². The van der Waals surface area contributed by atoms with Crippen LogP contribution in [0.1, 0.15) is 98.0 Å². The van der Waals surface area contributed by atoms with Crippen molar-refractivity contribution in [3.63, 3.8) is 0 Å². The van der Waals surface area contributed by atoms with Crippen molar-refractivity contribution in [2.45, 2.75) is 105 Å². The molecule has 0 radical (unpaired) electrons. The van der Waals surface area contributed by atoms with Gasteiger partial charge >= 0.3 is 30.0 Å². The smallest absolute Gasteiger partial charge is 0.413 e. The van der Waals surface area contributed by atoms with Gasteiger partial charge in [-0.2, -0.15) is 0 Å². The SMILES string of the molecule is CC(=Nc1ccc(C(=O)Oc2ccc(CCOC(=O)C[C@@H](CC(=O)OC(C)(C)C)C(=O)OC(C)(C)C)cc2)cc1)NC(=O)OC(C)(C)C. The van der Waals surface area contributed by atoms with Crippen LogP contribution in [0.4, 0.5) is 10.5 Å². The molecule has 0 aliphatic rings. The first-order chi connectivity index (χ1) is 22.1. The molecule has 0 aliphatic heterocycles. The van der Waals surface area contributed by atoms with Gasteiger partial charge in [-0.05, 0) is 111 Å². The number of carbonyl (C=O) groups is 5. The summed E-state index contributed by atoms with van der Waals surface area (Å²) in [6, 6.07) is 13.1. The molecule has 0 spiro atoms. The molecule has 12 heteroatoms. The number of amides is 1. The van der Waals surface area contributed by atoms with Crippen LogP contribution in [-0.4, -0.2) is 59.2 Å². The number of ether oxygens (including phenoxy) is 5. The van der Waals surface area contributed by atoms with E-state index >= 15 is 0 Å². The number of rotatable bonds is 11. The summed E-state index contributed by atoms with van der Waals surface area (Å²) in [5.41, 5.74) is -0.528. The van der Waals surface area contributed by atoms with E-state index in [-0.39, 0.29) is 19.4 Å². The van der Waals surface area contributed by atoms with Crippen LogP contribution >= 0.6 is 0 Å². The first-order valence-corrected chi connectivity index (χ1v) is 15.7. The highest BCUT2D eigenvalue weighted by atomic mass is 16.6. The highest BCUT2D eigenvalue weighted by Gasteiger charge is 2.32. The van der Waals surface area contributed by atoms with Gasteiger partial charge in [-0.1, -0.05) is 12.1 Å². The van der Waals surface area contributed by atoms with Gasteiger partial charge in [-0.15, -0.1) is 0 Å². The maximum atomic E-state index is 12.7. The Morgan fingerprint density at radius 1 is 0.708 bits per heavy atom. The highest BCUT2D eigenvalue weighted by Crippen LogP contribution is 2.21. The minimum Gasteiger partial charge on any atom is -0.465 e. The Hall–Kier alpha value is -4.74. The maximum absolute atomic E-state index is 12.7. The van der Waals surface area contributed by atoms with Gasteiger partial charge in [0.25, 0.3) is 0 Å². The predicted molar refractivity (Wildman–Crippen MR) is 179 cm³/mol. The summed E-state index contributed by atoms with van der Waals surface area (Å²) < 4.78 is 26.7. The monoisotopic (exact) mass is 668 g/mol. The molecule has 2 aromatic carbocycles. The van der Waals surface area contributed by atoms with E-state index in [1.54, 1.807) is 118 Å². The van der Waals surface area contributed by atoms with Crippen molar-refractivity contribution in [3.8, 4) is 5.75 Å². The van der Waals surface area contributed by atoms with Crippen molar-refractivity contribution in [1.29, 1.82) is 0 Å². The van der Waals surface area contributed by atoms with Crippen molar-refractivity contribution in [1.82, 2.24) is 5.32 Å². The molecule has 1 N–H and O–H groups in total. The van der Waals surface area contributed by atoms with Crippen LogP contribution in [-0.2, 0) is 39.8 Å². The third-order valence-electron chi connectivity index (χ3n) is 5.86. The molecule has 12 nitrogen and oxygen atoms in total. The first kappa shape index (κ1) is 39.4. The summed E-state index contributed by atoms with van der Waals surface area (Å²) in [5.74, 6) is -2.90. The summed E-state index contributed by atoms with van der Waals surface area (Å²) >= 11 is 0. The van der Waals surface area contributed by atoms with E-state index in [4.69, 9.17) is 23.7 Å². The minimum atomic E-state index is -1.05. The summed E-state index contributed by atoms with van der Waals surface area (Å²) in [6.45, 7) is 17.2. The lowest BCUT2D eigenvalue weighted by molar-refractivity contribution is -0.169. The molecular formula is C36H48N2O10. The van der Waals surface area contributed by atoms with Gasteiger partial charge in [0.1, 0.15) is 28.4 Å².